The molecule has 1 rings (SSSR count). The Morgan fingerprint density at radius 1 is 0.778 bits per heavy atom. The normalized spacial score (nSPS) is 14.1. The van der Waals surface area contributed by atoms with Crippen molar-refractivity contribution in [2.45, 2.75) is 63.7 Å². The standard InChI is InChI=1S/C23H34N6O7/c1-12(2)8-15(21(33)29-17(23(35)36)11-19(26)31)28-22(34)16(9-13-6-4-3-5-7-13)27-20(32)14(24)10-18(25)30/h3-7,12,14-17H,8-11,24H2,1-2H3,(H2,25,30)(H2,26,31)(H,27,32)(H,28,34)(H,29,33)(H,35,36). The smallest absolute Gasteiger partial charge is 0.326 e. The number of aliphatic carboxylic acids is 1. The topological polar surface area (TPSA) is 237 Å². The fourth-order valence-electron chi connectivity index (χ4n) is 3.30. The molecule has 0 fully saturated rings. The van der Waals surface area contributed by atoms with E-state index in [2.05, 4.69) is 16.0 Å². The highest BCUT2D eigenvalue weighted by molar-refractivity contribution is 5.95. The average Bonchev–Trinajstić information content (AvgIpc) is 2.77. The van der Waals surface area contributed by atoms with E-state index in [0.29, 0.717) is 5.56 Å². The molecule has 36 heavy (non-hydrogen) atoms. The first kappa shape index (κ1) is 30.0. The van der Waals surface area contributed by atoms with E-state index in [1.54, 1.807) is 44.2 Å². The van der Waals surface area contributed by atoms with Crippen LogP contribution < -0.4 is 33.2 Å². The Labute approximate surface area is 208 Å². The summed E-state index contributed by atoms with van der Waals surface area (Å²) in [6.07, 6.45) is -0.890. The zero-order valence-corrected chi connectivity index (χ0v) is 20.2. The Morgan fingerprint density at radius 2 is 1.28 bits per heavy atom. The van der Waals surface area contributed by atoms with Gasteiger partial charge in [0.15, 0.2) is 0 Å². The minimum absolute atomic E-state index is 0.0388. The number of hydrogen-bond donors (Lipinski definition) is 7. The molecule has 198 valence electrons. The van der Waals surface area contributed by atoms with Crippen LogP contribution in [-0.2, 0) is 35.2 Å². The van der Waals surface area contributed by atoms with Crippen LogP contribution >= 0.6 is 0 Å². The molecule has 0 bridgehead atoms. The fourth-order valence-corrected chi connectivity index (χ4v) is 3.30. The number of rotatable bonds is 15. The van der Waals surface area contributed by atoms with Gasteiger partial charge in [-0.15, -0.1) is 0 Å². The number of carbonyl (C=O) groups is 6. The number of amides is 5. The number of carbonyl (C=O) groups excluding carboxylic acids is 5. The number of nitrogens with one attached hydrogen (secondary N) is 3. The summed E-state index contributed by atoms with van der Waals surface area (Å²) in [5.41, 5.74) is 16.5. The van der Waals surface area contributed by atoms with Crippen LogP contribution in [0.3, 0.4) is 0 Å². The molecule has 0 aliphatic carbocycles. The molecule has 4 unspecified atom stereocenters. The lowest BCUT2D eigenvalue weighted by molar-refractivity contribution is -0.143. The van der Waals surface area contributed by atoms with Gasteiger partial charge >= 0.3 is 5.97 Å². The second-order valence-corrected chi connectivity index (χ2v) is 8.79. The fraction of sp³-hybridized carbons (Fsp3) is 0.478. The third-order valence-corrected chi connectivity index (χ3v) is 5.03. The lowest BCUT2D eigenvalue weighted by atomic mass is 10.00. The average molecular weight is 507 g/mol. The van der Waals surface area contributed by atoms with Gasteiger partial charge in [-0.05, 0) is 17.9 Å². The molecule has 0 radical (unpaired) electrons. The summed E-state index contributed by atoms with van der Waals surface area (Å²) in [7, 11) is 0. The van der Waals surface area contributed by atoms with Crippen LogP contribution in [0.15, 0.2) is 30.3 Å². The van der Waals surface area contributed by atoms with E-state index in [1.807, 2.05) is 0 Å². The van der Waals surface area contributed by atoms with Crippen molar-refractivity contribution in [3.05, 3.63) is 35.9 Å². The molecule has 13 heteroatoms. The van der Waals surface area contributed by atoms with Crippen molar-refractivity contribution in [1.82, 2.24) is 16.0 Å². The van der Waals surface area contributed by atoms with E-state index in [1.165, 1.54) is 0 Å². The molecule has 0 saturated heterocycles. The maximum Gasteiger partial charge on any atom is 0.326 e. The molecular weight excluding hydrogens is 472 g/mol. The second-order valence-electron chi connectivity index (χ2n) is 8.79. The maximum absolute atomic E-state index is 13.2. The molecular formula is C23H34N6O7. The highest BCUT2D eigenvalue weighted by Gasteiger charge is 2.31. The van der Waals surface area contributed by atoms with Gasteiger partial charge in [0.05, 0.1) is 18.9 Å². The minimum atomic E-state index is -1.58. The van der Waals surface area contributed by atoms with Gasteiger partial charge in [-0.2, -0.15) is 0 Å². The third kappa shape index (κ3) is 11.0. The van der Waals surface area contributed by atoms with E-state index >= 15 is 0 Å². The number of primary amides is 2. The number of carboxylic acid groups (broad SMARTS) is 1. The lowest BCUT2D eigenvalue weighted by Crippen LogP contribution is -2.58. The van der Waals surface area contributed by atoms with Crippen LogP contribution in [0.25, 0.3) is 0 Å². The zero-order chi connectivity index (χ0) is 27.4. The monoisotopic (exact) mass is 506 g/mol. The van der Waals surface area contributed by atoms with Gasteiger partial charge in [-0.1, -0.05) is 44.2 Å². The van der Waals surface area contributed by atoms with Crippen molar-refractivity contribution in [1.29, 1.82) is 0 Å². The molecule has 0 heterocycles. The van der Waals surface area contributed by atoms with Crippen molar-refractivity contribution in [2.24, 2.45) is 23.1 Å². The molecule has 0 aromatic heterocycles. The third-order valence-electron chi connectivity index (χ3n) is 5.03. The van der Waals surface area contributed by atoms with Crippen molar-refractivity contribution < 1.29 is 33.9 Å². The lowest BCUT2D eigenvalue weighted by Gasteiger charge is -2.26. The number of hydrogen-bond acceptors (Lipinski definition) is 7. The molecule has 1 aromatic rings. The van der Waals surface area contributed by atoms with Gasteiger partial charge < -0.3 is 38.3 Å². The summed E-state index contributed by atoms with van der Waals surface area (Å²) in [5.74, 6) is -5.63. The van der Waals surface area contributed by atoms with Crippen molar-refractivity contribution >= 4 is 35.5 Å². The number of benzene rings is 1. The van der Waals surface area contributed by atoms with Gasteiger partial charge in [0.25, 0.3) is 0 Å². The van der Waals surface area contributed by atoms with E-state index < -0.39 is 72.5 Å². The van der Waals surface area contributed by atoms with Crippen LogP contribution in [0.5, 0.6) is 0 Å². The molecule has 0 aliphatic heterocycles. The predicted molar refractivity (Wildman–Crippen MR) is 129 cm³/mol. The Bertz CT molecular complexity index is 954. The minimum Gasteiger partial charge on any atom is -0.480 e. The first-order valence-corrected chi connectivity index (χ1v) is 11.3. The molecule has 4 atom stereocenters. The van der Waals surface area contributed by atoms with Crippen LogP contribution in [-0.4, -0.2) is 64.8 Å². The van der Waals surface area contributed by atoms with Gasteiger partial charge in [-0.3, -0.25) is 24.0 Å². The van der Waals surface area contributed by atoms with Crippen LogP contribution in [0, 0.1) is 5.92 Å². The summed E-state index contributed by atoms with van der Waals surface area (Å²) in [5, 5.41) is 16.5. The first-order valence-electron chi connectivity index (χ1n) is 11.3. The summed E-state index contributed by atoms with van der Waals surface area (Å²) in [6, 6.07) is 3.50. The second kappa shape index (κ2) is 14.4. The summed E-state index contributed by atoms with van der Waals surface area (Å²) >= 11 is 0. The Hall–Kier alpha value is -4.00. The van der Waals surface area contributed by atoms with E-state index in [9.17, 15) is 33.9 Å². The Kier molecular flexibility index (Phi) is 12.0. The van der Waals surface area contributed by atoms with Gasteiger partial charge in [0.1, 0.15) is 18.1 Å². The molecule has 0 aliphatic rings. The van der Waals surface area contributed by atoms with Crippen LogP contribution in [0.1, 0.15) is 38.7 Å². The molecule has 1 aromatic carbocycles. The van der Waals surface area contributed by atoms with E-state index in [4.69, 9.17) is 17.2 Å². The number of nitrogens with two attached hydrogens (primary N) is 3. The molecule has 5 amide bonds. The summed E-state index contributed by atoms with van der Waals surface area (Å²) < 4.78 is 0. The van der Waals surface area contributed by atoms with Crippen molar-refractivity contribution in [3.8, 4) is 0 Å². The highest BCUT2D eigenvalue weighted by Crippen LogP contribution is 2.09. The number of carboxylic acids is 1. The maximum atomic E-state index is 13.2. The highest BCUT2D eigenvalue weighted by atomic mass is 16.4. The Balaban J connectivity index is 3.12. The molecule has 0 spiro atoms. The van der Waals surface area contributed by atoms with Gasteiger partial charge in [-0.25, -0.2) is 4.79 Å². The zero-order valence-electron chi connectivity index (χ0n) is 20.2. The van der Waals surface area contributed by atoms with E-state index in [-0.39, 0.29) is 18.8 Å². The molecule has 10 N–H and O–H groups in total. The predicted octanol–water partition coefficient (Wildman–Crippen LogP) is -2.11. The Morgan fingerprint density at radius 3 is 1.78 bits per heavy atom. The van der Waals surface area contributed by atoms with Crippen LogP contribution in [0.4, 0.5) is 0 Å². The van der Waals surface area contributed by atoms with E-state index in [0.717, 1.165) is 0 Å². The quantitative estimate of drug-likeness (QED) is 0.139. The first-order chi connectivity index (χ1) is 16.8. The molecule has 0 saturated carbocycles. The van der Waals surface area contributed by atoms with Crippen molar-refractivity contribution in [2.75, 3.05) is 0 Å². The van der Waals surface area contributed by atoms with Gasteiger partial charge in [0, 0.05) is 6.42 Å². The molecule has 13 nitrogen and oxygen atoms in total. The largest absolute Gasteiger partial charge is 0.480 e. The van der Waals surface area contributed by atoms with Crippen LogP contribution in [0.2, 0.25) is 0 Å². The summed E-state index contributed by atoms with van der Waals surface area (Å²) in [4.78, 5) is 72.2. The SMILES string of the molecule is CC(C)CC(NC(=O)C(Cc1ccccc1)NC(=O)C(N)CC(N)=O)C(=O)NC(CC(N)=O)C(=O)O. The van der Waals surface area contributed by atoms with Crippen molar-refractivity contribution in [3.63, 3.8) is 0 Å². The van der Waals surface area contributed by atoms with Gasteiger partial charge in [0.2, 0.25) is 29.5 Å². The summed E-state index contributed by atoms with van der Waals surface area (Å²) in [6.45, 7) is 3.58.